The second-order valence-corrected chi connectivity index (χ2v) is 5.90. The van der Waals surface area contributed by atoms with Gasteiger partial charge in [-0.25, -0.2) is 10.2 Å². The minimum Gasteiger partial charge on any atom is -0.496 e. The molecule has 0 saturated heterocycles. The number of hydrogen-bond acceptors (Lipinski definition) is 6. The molecule has 0 aliphatic carbocycles. The van der Waals surface area contributed by atoms with Gasteiger partial charge < -0.3 is 13.9 Å². The topological polar surface area (TPSA) is 90.1 Å². The molecule has 0 atom stereocenters. The standard InChI is InChI=1S/C22H20N2O5/c1-3-28-22(26)16-10-8-15(9-11-16)19-13-12-17(29-19)14-23-24-21(25)18-6-4-5-7-20(18)27-2/h4-14H,3H2,1-2H3,(H,24,25)/b23-14-. The molecule has 0 bridgehead atoms. The number of ether oxygens (including phenoxy) is 2. The molecule has 2 aromatic carbocycles. The first-order chi connectivity index (χ1) is 14.1. The van der Waals surface area contributed by atoms with E-state index in [2.05, 4.69) is 10.5 Å². The number of esters is 1. The van der Waals surface area contributed by atoms with Crippen LogP contribution < -0.4 is 10.2 Å². The summed E-state index contributed by atoms with van der Waals surface area (Å²) in [4.78, 5) is 23.9. The Labute approximate surface area is 167 Å². The van der Waals surface area contributed by atoms with Crippen molar-refractivity contribution in [2.45, 2.75) is 6.92 Å². The second-order valence-electron chi connectivity index (χ2n) is 5.90. The van der Waals surface area contributed by atoms with Gasteiger partial charge in [0.1, 0.15) is 17.3 Å². The van der Waals surface area contributed by atoms with Crippen molar-refractivity contribution in [3.05, 3.63) is 77.6 Å². The molecule has 7 heteroatoms. The maximum atomic E-state index is 12.2. The van der Waals surface area contributed by atoms with Gasteiger partial charge in [-0.1, -0.05) is 24.3 Å². The fraction of sp³-hybridized carbons (Fsp3) is 0.136. The van der Waals surface area contributed by atoms with Gasteiger partial charge in [-0.15, -0.1) is 0 Å². The van der Waals surface area contributed by atoms with Crippen LogP contribution in [0.15, 0.2) is 70.2 Å². The van der Waals surface area contributed by atoms with Crippen LogP contribution in [0.3, 0.4) is 0 Å². The SMILES string of the molecule is CCOC(=O)c1ccc(-c2ccc(/C=N\NC(=O)c3ccccc3OC)o2)cc1. The Morgan fingerprint density at radius 3 is 2.55 bits per heavy atom. The third-order valence-corrected chi connectivity index (χ3v) is 4.02. The molecule has 1 amide bonds. The molecule has 1 heterocycles. The summed E-state index contributed by atoms with van der Waals surface area (Å²) in [5, 5.41) is 3.92. The molecule has 0 unspecified atom stereocenters. The molecule has 0 saturated carbocycles. The van der Waals surface area contributed by atoms with Crippen LogP contribution in [0.2, 0.25) is 0 Å². The Bertz CT molecular complexity index is 1020. The number of nitrogens with one attached hydrogen (secondary N) is 1. The molecule has 29 heavy (non-hydrogen) atoms. The number of carbonyl (C=O) groups excluding carboxylic acids is 2. The summed E-state index contributed by atoms with van der Waals surface area (Å²) in [5.41, 5.74) is 4.10. The molecule has 0 spiro atoms. The molecular formula is C22H20N2O5. The summed E-state index contributed by atoms with van der Waals surface area (Å²) in [5.74, 6) is 0.789. The second kappa shape index (κ2) is 9.36. The molecule has 3 rings (SSSR count). The first kappa shape index (κ1) is 19.9. The Hall–Kier alpha value is -3.87. The predicted molar refractivity (Wildman–Crippen MR) is 108 cm³/mol. The zero-order valence-corrected chi connectivity index (χ0v) is 16.0. The normalized spacial score (nSPS) is 10.7. The Balaban J connectivity index is 1.64. The summed E-state index contributed by atoms with van der Waals surface area (Å²) >= 11 is 0. The maximum Gasteiger partial charge on any atom is 0.338 e. The first-order valence-electron chi connectivity index (χ1n) is 8.96. The summed E-state index contributed by atoms with van der Waals surface area (Å²) in [6, 6.07) is 17.3. The maximum absolute atomic E-state index is 12.2. The number of methoxy groups -OCH3 is 1. The number of amides is 1. The lowest BCUT2D eigenvalue weighted by atomic mass is 10.1. The highest BCUT2D eigenvalue weighted by Crippen LogP contribution is 2.22. The summed E-state index contributed by atoms with van der Waals surface area (Å²) in [6.45, 7) is 2.09. The smallest absolute Gasteiger partial charge is 0.338 e. The van der Waals surface area contributed by atoms with Crippen molar-refractivity contribution in [3.63, 3.8) is 0 Å². The molecule has 0 aliphatic heterocycles. The molecule has 0 fully saturated rings. The van der Waals surface area contributed by atoms with Gasteiger partial charge in [0.25, 0.3) is 5.91 Å². The minimum absolute atomic E-state index is 0.328. The molecule has 0 aliphatic rings. The lowest BCUT2D eigenvalue weighted by molar-refractivity contribution is 0.0526. The molecule has 148 valence electrons. The van der Waals surface area contributed by atoms with Gasteiger partial charge in [0.05, 0.1) is 31.1 Å². The molecule has 0 radical (unpaired) electrons. The number of hydrazone groups is 1. The lowest BCUT2D eigenvalue weighted by Gasteiger charge is -2.05. The molecule has 1 N–H and O–H groups in total. The lowest BCUT2D eigenvalue weighted by Crippen LogP contribution is -2.18. The van der Waals surface area contributed by atoms with Crippen LogP contribution >= 0.6 is 0 Å². The quantitative estimate of drug-likeness (QED) is 0.374. The third-order valence-electron chi connectivity index (χ3n) is 4.02. The average molecular weight is 392 g/mol. The van der Waals surface area contributed by atoms with E-state index < -0.39 is 0 Å². The summed E-state index contributed by atoms with van der Waals surface area (Å²) in [6.07, 6.45) is 1.41. The zero-order chi connectivity index (χ0) is 20.6. The van der Waals surface area contributed by atoms with E-state index in [-0.39, 0.29) is 11.9 Å². The van der Waals surface area contributed by atoms with Crippen LogP contribution in [0.1, 0.15) is 33.4 Å². The van der Waals surface area contributed by atoms with Crippen LogP contribution in [0.4, 0.5) is 0 Å². The van der Waals surface area contributed by atoms with Crippen LogP contribution in [0, 0.1) is 0 Å². The number of benzene rings is 2. The van der Waals surface area contributed by atoms with E-state index in [1.54, 1.807) is 67.6 Å². The number of rotatable bonds is 7. The zero-order valence-electron chi connectivity index (χ0n) is 16.0. The highest BCUT2D eigenvalue weighted by atomic mass is 16.5. The van der Waals surface area contributed by atoms with E-state index in [9.17, 15) is 9.59 Å². The number of para-hydroxylation sites is 1. The van der Waals surface area contributed by atoms with Crippen LogP contribution in [-0.2, 0) is 4.74 Å². The summed E-state index contributed by atoms with van der Waals surface area (Å²) < 4.78 is 15.8. The van der Waals surface area contributed by atoms with E-state index in [0.717, 1.165) is 5.56 Å². The van der Waals surface area contributed by atoms with E-state index in [0.29, 0.717) is 35.0 Å². The van der Waals surface area contributed by atoms with Crippen molar-refractivity contribution in [2.24, 2.45) is 5.10 Å². The van der Waals surface area contributed by atoms with Crippen molar-refractivity contribution in [1.82, 2.24) is 5.43 Å². The van der Waals surface area contributed by atoms with Crippen molar-refractivity contribution < 1.29 is 23.5 Å². The molecule has 1 aromatic heterocycles. The minimum atomic E-state index is -0.389. The fourth-order valence-electron chi connectivity index (χ4n) is 2.61. The van der Waals surface area contributed by atoms with Crippen molar-refractivity contribution in [2.75, 3.05) is 13.7 Å². The number of nitrogens with zero attached hydrogens (tertiary/aromatic N) is 1. The van der Waals surface area contributed by atoms with Crippen molar-refractivity contribution >= 4 is 18.1 Å². The van der Waals surface area contributed by atoms with Crippen LogP contribution in [-0.4, -0.2) is 31.8 Å². The van der Waals surface area contributed by atoms with Gasteiger partial charge in [0.15, 0.2) is 0 Å². The highest BCUT2D eigenvalue weighted by Gasteiger charge is 2.11. The van der Waals surface area contributed by atoms with Gasteiger partial charge in [-0.05, 0) is 43.3 Å². The van der Waals surface area contributed by atoms with Crippen molar-refractivity contribution in [1.29, 1.82) is 0 Å². The predicted octanol–water partition coefficient (Wildman–Crippen LogP) is 3.90. The number of furan rings is 1. The van der Waals surface area contributed by atoms with Gasteiger partial charge in [0.2, 0.25) is 0 Å². The van der Waals surface area contributed by atoms with Gasteiger partial charge in [0, 0.05) is 5.56 Å². The number of carbonyl (C=O) groups is 2. The van der Waals surface area contributed by atoms with Gasteiger partial charge in [-0.3, -0.25) is 4.79 Å². The van der Waals surface area contributed by atoms with E-state index in [1.165, 1.54) is 13.3 Å². The van der Waals surface area contributed by atoms with Crippen LogP contribution in [0.25, 0.3) is 11.3 Å². The van der Waals surface area contributed by atoms with E-state index in [1.807, 2.05) is 0 Å². The van der Waals surface area contributed by atoms with E-state index >= 15 is 0 Å². The molecular weight excluding hydrogens is 372 g/mol. The third kappa shape index (κ3) is 4.90. The number of hydrogen-bond donors (Lipinski definition) is 1. The van der Waals surface area contributed by atoms with Gasteiger partial charge in [-0.2, -0.15) is 5.10 Å². The highest BCUT2D eigenvalue weighted by molar-refractivity contribution is 5.97. The van der Waals surface area contributed by atoms with Crippen molar-refractivity contribution in [3.8, 4) is 17.1 Å². The Morgan fingerprint density at radius 1 is 1.07 bits per heavy atom. The monoisotopic (exact) mass is 392 g/mol. The first-order valence-corrected chi connectivity index (χ1v) is 8.96. The largest absolute Gasteiger partial charge is 0.496 e. The molecule has 3 aromatic rings. The van der Waals surface area contributed by atoms with Crippen LogP contribution in [0.5, 0.6) is 5.75 Å². The Morgan fingerprint density at radius 2 is 1.83 bits per heavy atom. The molecule has 7 nitrogen and oxygen atoms in total. The fourth-order valence-corrected chi connectivity index (χ4v) is 2.61. The van der Waals surface area contributed by atoms with Gasteiger partial charge >= 0.3 is 5.97 Å². The Kier molecular flexibility index (Phi) is 6.42. The summed E-state index contributed by atoms with van der Waals surface area (Å²) in [7, 11) is 1.50. The van der Waals surface area contributed by atoms with E-state index in [4.69, 9.17) is 13.9 Å². The average Bonchev–Trinajstić information content (AvgIpc) is 3.23.